The summed E-state index contributed by atoms with van der Waals surface area (Å²) in [4.78, 5) is 26.2. The molecule has 1 unspecified atom stereocenters. The fourth-order valence-electron chi connectivity index (χ4n) is 6.48. The lowest BCUT2D eigenvalue weighted by Crippen LogP contribution is -2.36. The second-order valence-corrected chi connectivity index (χ2v) is 18.0. The SMILES string of the molecule is CCOC(=O)[C@H](C)N[P@](=O)(CO[C@H]1OC(n2cnc3c(N=P(c4ccccc4)(c4ccccc4)c4ccccc4)ncnc32)[C@@H](F)[C@@H]1C)Oc1ccccc1. The first-order valence-corrected chi connectivity index (χ1v) is 21.4. The van der Waals surface area contributed by atoms with Gasteiger partial charge >= 0.3 is 13.5 Å². The third-order valence-electron chi connectivity index (χ3n) is 9.16. The highest BCUT2D eigenvalue weighted by Gasteiger charge is 2.46. The number of ether oxygens (including phenoxy) is 3. The van der Waals surface area contributed by atoms with Crippen LogP contribution in [0.5, 0.6) is 5.75 Å². The van der Waals surface area contributed by atoms with E-state index in [1.165, 1.54) is 24.1 Å². The fourth-order valence-corrected chi connectivity index (χ4v) is 11.6. The maximum absolute atomic E-state index is 16.2. The Hall–Kier alpha value is -5.03. The molecular formula is C40H41FN6O6P2. The van der Waals surface area contributed by atoms with E-state index in [9.17, 15) is 9.36 Å². The number of rotatable bonds is 14. The topological polar surface area (TPSA) is 139 Å². The van der Waals surface area contributed by atoms with Gasteiger partial charge in [0.15, 0.2) is 42.0 Å². The van der Waals surface area contributed by atoms with Crippen LogP contribution in [0, 0.1) is 5.92 Å². The van der Waals surface area contributed by atoms with E-state index in [1.807, 2.05) is 54.6 Å². The zero-order valence-corrected chi connectivity index (χ0v) is 32.2. The van der Waals surface area contributed by atoms with E-state index in [0.717, 1.165) is 15.9 Å². The molecule has 0 amide bonds. The Kier molecular flexibility index (Phi) is 11.7. The molecule has 12 nitrogen and oxygen atoms in total. The number of nitrogens with zero attached hydrogens (tertiary/aromatic N) is 5. The summed E-state index contributed by atoms with van der Waals surface area (Å²) in [6.45, 7) is 4.98. The minimum Gasteiger partial charge on any atom is -0.465 e. The summed E-state index contributed by atoms with van der Waals surface area (Å²) in [5.74, 6) is -0.759. The summed E-state index contributed by atoms with van der Waals surface area (Å²) >= 11 is 0. The van der Waals surface area contributed by atoms with Crippen molar-refractivity contribution in [2.45, 2.75) is 45.5 Å². The molecule has 0 radical (unpaired) electrons. The lowest BCUT2D eigenvalue weighted by Gasteiger charge is -2.26. The molecule has 0 aliphatic carbocycles. The quantitative estimate of drug-likeness (QED) is 0.0888. The summed E-state index contributed by atoms with van der Waals surface area (Å²) in [5.41, 5.74) is 0.699. The van der Waals surface area contributed by atoms with Crippen molar-refractivity contribution >= 4 is 53.4 Å². The van der Waals surface area contributed by atoms with Gasteiger partial charge in [0.1, 0.15) is 18.1 Å². The van der Waals surface area contributed by atoms with Gasteiger partial charge in [-0.15, -0.1) is 0 Å². The van der Waals surface area contributed by atoms with Crippen LogP contribution in [0.1, 0.15) is 27.0 Å². The van der Waals surface area contributed by atoms with Crippen molar-refractivity contribution in [3.05, 3.63) is 134 Å². The number of aromatic nitrogens is 4. The van der Waals surface area contributed by atoms with Gasteiger partial charge in [-0.1, -0.05) is 116 Å². The van der Waals surface area contributed by atoms with Gasteiger partial charge < -0.3 is 18.7 Å². The van der Waals surface area contributed by atoms with E-state index in [4.69, 9.17) is 23.5 Å². The summed E-state index contributed by atoms with van der Waals surface area (Å²) in [5, 5.41) is 5.81. The number of imidazole rings is 1. The number of para-hydroxylation sites is 1. The maximum atomic E-state index is 16.2. The normalized spacial score (nSPS) is 20.1. The number of fused-ring (bicyclic) bond motifs is 1. The van der Waals surface area contributed by atoms with Gasteiger partial charge in [-0.05, 0) is 26.0 Å². The minimum atomic E-state index is -3.92. The lowest BCUT2D eigenvalue weighted by atomic mass is 10.1. The largest absolute Gasteiger partial charge is 0.465 e. The first-order valence-electron chi connectivity index (χ1n) is 17.9. The molecule has 3 heterocycles. The number of nitrogens with one attached hydrogen (secondary N) is 1. The molecule has 1 aliphatic heterocycles. The average molecular weight is 783 g/mol. The van der Waals surface area contributed by atoms with E-state index >= 15 is 4.39 Å². The Labute approximate surface area is 318 Å². The van der Waals surface area contributed by atoms with Crippen molar-refractivity contribution in [2.24, 2.45) is 10.7 Å². The van der Waals surface area contributed by atoms with E-state index in [1.54, 1.807) is 44.2 Å². The van der Waals surface area contributed by atoms with Crippen molar-refractivity contribution in [3.63, 3.8) is 0 Å². The van der Waals surface area contributed by atoms with Gasteiger partial charge in [0, 0.05) is 21.8 Å². The van der Waals surface area contributed by atoms with Crippen LogP contribution >= 0.6 is 14.6 Å². The molecule has 2 aromatic heterocycles. The molecule has 1 aliphatic rings. The van der Waals surface area contributed by atoms with E-state index in [2.05, 4.69) is 56.4 Å². The Morgan fingerprint density at radius 3 is 2.02 bits per heavy atom. The van der Waals surface area contributed by atoms with Crippen molar-refractivity contribution in [3.8, 4) is 5.75 Å². The van der Waals surface area contributed by atoms with Gasteiger partial charge in [-0.3, -0.25) is 13.9 Å². The van der Waals surface area contributed by atoms with Crippen LogP contribution < -0.4 is 25.5 Å². The second-order valence-electron chi connectivity index (χ2n) is 12.9. The molecule has 4 aromatic carbocycles. The zero-order chi connectivity index (χ0) is 38.4. The highest BCUT2D eigenvalue weighted by Crippen LogP contribution is 2.50. The van der Waals surface area contributed by atoms with E-state index in [-0.39, 0.29) is 6.61 Å². The number of hydrogen-bond acceptors (Lipinski definition) is 10. The van der Waals surface area contributed by atoms with Crippen LogP contribution in [-0.2, 0) is 23.6 Å². The molecule has 284 valence electrons. The predicted octanol–water partition coefficient (Wildman–Crippen LogP) is 7.25. The molecule has 1 N–H and O–H groups in total. The van der Waals surface area contributed by atoms with Crippen LogP contribution in [0.15, 0.2) is 139 Å². The molecule has 0 saturated carbocycles. The summed E-state index contributed by atoms with van der Waals surface area (Å²) in [6.07, 6.45) is -1.57. The number of esters is 1. The highest BCUT2D eigenvalue weighted by atomic mass is 31.2. The molecule has 6 aromatic rings. The molecule has 1 saturated heterocycles. The summed E-state index contributed by atoms with van der Waals surface area (Å²) < 4.78 is 60.5. The third kappa shape index (κ3) is 8.03. The molecular weight excluding hydrogens is 741 g/mol. The van der Waals surface area contributed by atoms with Gasteiger partial charge in [0.2, 0.25) is 0 Å². The number of benzene rings is 4. The van der Waals surface area contributed by atoms with Crippen LogP contribution in [0.25, 0.3) is 11.2 Å². The number of carbonyl (C=O) groups excluding carboxylic acids is 1. The smallest absolute Gasteiger partial charge is 0.342 e. The van der Waals surface area contributed by atoms with Gasteiger partial charge in [-0.25, -0.2) is 29.2 Å². The van der Waals surface area contributed by atoms with Crippen molar-refractivity contribution < 1.29 is 32.5 Å². The number of carbonyl (C=O) groups is 1. The van der Waals surface area contributed by atoms with Crippen LogP contribution in [0.2, 0.25) is 0 Å². The van der Waals surface area contributed by atoms with Crippen LogP contribution in [-0.4, -0.2) is 56.9 Å². The third-order valence-corrected chi connectivity index (χ3v) is 14.6. The zero-order valence-electron chi connectivity index (χ0n) is 30.5. The molecule has 6 atom stereocenters. The standard InChI is InChI=1S/C40H41FN6O6P2/c1-4-50-39(48)29(3)45-54(49,53-30-17-9-5-10-18-30)27-51-40-28(2)34(41)38(52-40)47-26-44-35-36(42-25-43-37(35)47)46-55(31-19-11-6-12-20-31,32-21-13-7-14-22-32)33-23-15-8-16-24-33/h5-26,28-29,34,38,40H,4,27H2,1-3H3,(H,45,49)/t28-,29-,34-,38?,40-,54-/m0/s1. The molecule has 7 rings (SSSR count). The minimum absolute atomic E-state index is 0.150. The lowest BCUT2D eigenvalue weighted by molar-refractivity contribution is -0.152. The van der Waals surface area contributed by atoms with Gasteiger partial charge in [0.05, 0.1) is 20.0 Å². The van der Waals surface area contributed by atoms with Gasteiger partial charge in [-0.2, -0.15) is 0 Å². The number of hydrogen-bond donors (Lipinski definition) is 1. The number of halogens is 1. The fraction of sp³-hybridized carbons (Fsp3) is 0.250. The van der Waals surface area contributed by atoms with Crippen molar-refractivity contribution in [1.29, 1.82) is 0 Å². The molecule has 55 heavy (non-hydrogen) atoms. The van der Waals surface area contributed by atoms with Crippen molar-refractivity contribution in [2.75, 3.05) is 13.0 Å². The summed E-state index contributed by atoms with van der Waals surface area (Å²) in [6, 6.07) is 37.9. The predicted molar refractivity (Wildman–Crippen MR) is 210 cm³/mol. The van der Waals surface area contributed by atoms with E-state index < -0.39 is 57.5 Å². The molecule has 15 heteroatoms. The Morgan fingerprint density at radius 1 is 0.891 bits per heavy atom. The first-order chi connectivity index (χ1) is 26.7. The van der Waals surface area contributed by atoms with E-state index in [0.29, 0.717) is 22.7 Å². The Balaban J connectivity index is 1.21. The van der Waals surface area contributed by atoms with Crippen LogP contribution in [0.3, 0.4) is 0 Å². The maximum Gasteiger partial charge on any atom is 0.342 e. The molecule has 0 spiro atoms. The monoisotopic (exact) mass is 782 g/mol. The van der Waals surface area contributed by atoms with Gasteiger partial charge in [0.25, 0.3) is 0 Å². The van der Waals surface area contributed by atoms with Crippen molar-refractivity contribution in [1.82, 2.24) is 24.6 Å². The Bertz CT molecular complexity index is 2220. The highest BCUT2D eigenvalue weighted by molar-refractivity contribution is 7.87. The summed E-state index contributed by atoms with van der Waals surface area (Å²) in [7, 11) is -6.63. The molecule has 1 fully saturated rings. The average Bonchev–Trinajstić information content (AvgIpc) is 3.77. The first kappa shape index (κ1) is 38.3. The van der Waals surface area contributed by atoms with Crippen LogP contribution in [0.4, 0.5) is 10.2 Å². The Morgan fingerprint density at radius 2 is 1.45 bits per heavy atom. The number of alkyl halides is 1. The molecule has 0 bridgehead atoms. The second kappa shape index (κ2) is 16.8.